The van der Waals surface area contributed by atoms with Crippen LogP contribution in [0.4, 0.5) is 0 Å². The molecular weight excluding hydrogens is 218 g/mol. The molecule has 0 aliphatic heterocycles. The third-order valence-corrected chi connectivity index (χ3v) is 2.15. The number of carbonyl (C=O) groups is 2. The van der Waals surface area contributed by atoms with Crippen molar-refractivity contribution in [2.45, 2.75) is 32.8 Å². The molecule has 0 aliphatic carbocycles. The van der Waals surface area contributed by atoms with Gasteiger partial charge in [-0.2, -0.15) is 0 Å². The minimum Gasteiger partial charge on any atom is -0.491 e. The van der Waals surface area contributed by atoms with Gasteiger partial charge in [-0.25, -0.2) is 0 Å². The molecule has 0 saturated carbocycles. The zero-order valence-electron chi connectivity index (χ0n) is 10.1. The topological polar surface area (TPSA) is 69.4 Å². The van der Waals surface area contributed by atoms with Crippen LogP contribution >= 0.6 is 0 Å². The second-order valence-electron chi connectivity index (χ2n) is 4.08. The molecule has 0 unspecified atom stereocenters. The summed E-state index contributed by atoms with van der Waals surface area (Å²) in [7, 11) is 0. The van der Waals surface area contributed by atoms with Crippen LogP contribution in [0.3, 0.4) is 0 Å². The number of Topliss-reactive ketones (excluding diaryl/α,β-unsaturated/α-hetero) is 1. The largest absolute Gasteiger partial charge is 0.491 e. The molecule has 4 nitrogen and oxygen atoms in total. The number of hydrogen-bond donors (Lipinski definition) is 1. The Morgan fingerprint density at radius 1 is 1.18 bits per heavy atom. The first-order valence-corrected chi connectivity index (χ1v) is 5.57. The maximum Gasteiger partial charge on any atom is 0.217 e. The fraction of sp³-hybridized carbons (Fsp3) is 0.385. The van der Waals surface area contributed by atoms with Gasteiger partial charge in [0, 0.05) is 18.4 Å². The lowest BCUT2D eigenvalue weighted by molar-refractivity contribution is -0.118. The molecule has 0 aliphatic rings. The number of rotatable bonds is 6. The number of benzene rings is 1. The Labute approximate surface area is 101 Å². The van der Waals surface area contributed by atoms with E-state index < -0.39 is 5.91 Å². The fourth-order valence-electron chi connectivity index (χ4n) is 1.37. The van der Waals surface area contributed by atoms with Crippen molar-refractivity contribution in [2.75, 3.05) is 0 Å². The van der Waals surface area contributed by atoms with Gasteiger partial charge in [0.2, 0.25) is 5.91 Å². The predicted molar refractivity (Wildman–Crippen MR) is 65.0 cm³/mol. The minimum atomic E-state index is -0.460. The molecular formula is C13H17NO3. The molecule has 0 bridgehead atoms. The summed E-state index contributed by atoms with van der Waals surface area (Å²) in [6.45, 7) is 3.87. The van der Waals surface area contributed by atoms with Crippen molar-refractivity contribution >= 4 is 11.7 Å². The lowest BCUT2D eigenvalue weighted by Crippen LogP contribution is -2.12. The SMILES string of the molecule is CC(C)Oc1ccc(C(=O)CCC(N)=O)cc1. The molecule has 1 aromatic carbocycles. The third-order valence-electron chi connectivity index (χ3n) is 2.15. The van der Waals surface area contributed by atoms with E-state index in [0.29, 0.717) is 5.56 Å². The maximum absolute atomic E-state index is 11.6. The van der Waals surface area contributed by atoms with E-state index in [-0.39, 0.29) is 24.7 Å². The van der Waals surface area contributed by atoms with Crippen molar-refractivity contribution in [1.82, 2.24) is 0 Å². The Morgan fingerprint density at radius 3 is 2.24 bits per heavy atom. The molecule has 0 spiro atoms. The highest BCUT2D eigenvalue weighted by molar-refractivity contribution is 5.97. The maximum atomic E-state index is 11.6. The highest BCUT2D eigenvalue weighted by Crippen LogP contribution is 2.15. The van der Waals surface area contributed by atoms with Crippen molar-refractivity contribution < 1.29 is 14.3 Å². The molecule has 0 heterocycles. The number of ether oxygens (including phenoxy) is 1. The third kappa shape index (κ3) is 4.68. The number of carbonyl (C=O) groups excluding carboxylic acids is 2. The van der Waals surface area contributed by atoms with Crippen molar-refractivity contribution in [1.29, 1.82) is 0 Å². The van der Waals surface area contributed by atoms with Crippen LogP contribution in [0.25, 0.3) is 0 Å². The Kier molecular flexibility index (Phi) is 4.69. The van der Waals surface area contributed by atoms with Gasteiger partial charge in [0.15, 0.2) is 5.78 Å². The normalized spacial score (nSPS) is 10.3. The van der Waals surface area contributed by atoms with Crippen molar-refractivity contribution in [3.8, 4) is 5.75 Å². The summed E-state index contributed by atoms with van der Waals surface area (Å²) in [6.07, 6.45) is 0.342. The van der Waals surface area contributed by atoms with E-state index in [9.17, 15) is 9.59 Å². The van der Waals surface area contributed by atoms with E-state index in [4.69, 9.17) is 10.5 Å². The van der Waals surface area contributed by atoms with Crippen LogP contribution in [0.15, 0.2) is 24.3 Å². The molecule has 1 aromatic rings. The van der Waals surface area contributed by atoms with Crippen LogP contribution in [-0.2, 0) is 4.79 Å². The smallest absolute Gasteiger partial charge is 0.217 e. The standard InChI is InChI=1S/C13H17NO3/c1-9(2)17-11-5-3-10(4-6-11)12(15)7-8-13(14)16/h3-6,9H,7-8H2,1-2H3,(H2,14,16). The minimum absolute atomic E-state index is 0.0834. The van der Waals surface area contributed by atoms with Gasteiger partial charge in [0.1, 0.15) is 5.75 Å². The molecule has 1 amide bonds. The fourth-order valence-corrected chi connectivity index (χ4v) is 1.37. The second kappa shape index (κ2) is 6.03. The lowest BCUT2D eigenvalue weighted by atomic mass is 10.1. The monoisotopic (exact) mass is 235 g/mol. The molecule has 92 valence electrons. The Morgan fingerprint density at radius 2 is 1.76 bits per heavy atom. The zero-order chi connectivity index (χ0) is 12.8. The van der Waals surface area contributed by atoms with Gasteiger partial charge in [-0.05, 0) is 38.1 Å². The first-order chi connectivity index (χ1) is 7.99. The molecule has 0 atom stereocenters. The van der Waals surface area contributed by atoms with E-state index in [0.717, 1.165) is 5.75 Å². The molecule has 17 heavy (non-hydrogen) atoms. The first kappa shape index (κ1) is 13.2. The van der Waals surface area contributed by atoms with Crippen LogP contribution in [0, 0.1) is 0 Å². The van der Waals surface area contributed by atoms with Gasteiger partial charge in [-0.15, -0.1) is 0 Å². The van der Waals surface area contributed by atoms with E-state index >= 15 is 0 Å². The van der Waals surface area contributed by atoms with Crippen LogP contribution in [0.1, 0.15) is 37.0 Å². The average Bonchev–Trinajstić information content (AvgIpc) is 2.26. The number of amides is 1. The lowest BCUT2D eigenvalue weighted by Gasteiger charge is -2.09. The highest BCUT2D eigenvalue weighted by Gasteiger charge is 2.07. The summed E-state index contributed by atoms with van der Waals surface area (Å²) in [6, 6.07) is 6.89. The molecule has 2 N–H and O–H groups in total. The van der Waals surface area contributed by atoms with Crippen LogP contribution < -0.4 is 10.5 Å². The Balaban J connectivity index is 2.60. The second-order valence-corrected chi connectivity index (χ2v) is 4.08. The summed E-state index contributed by atoms with van der Waals surface area (Å²) in [5.41, 5.74) is 5.56. The average molecular weight is 235 g/mol. The molecule has 0 saturated heterocycles. The van der Waals surface area contributed by atoms with Gasteiger partial charge in [-0.1, -0.05) is 0 Å². The summed E-state index contributed by atoms with van der Waals surface area (Å²) >= 11 is 0. The predicted octanol–water partition coefficient (Wildman–Crippen LogP) is 1.92. The highest BCUT2D eigenvalue weighted by atomic mass is 16.5. The van der Waals surface area contributed by atoms with Crippen LogP contribution in [-0.4, -0.2) is 17.8 Å². The summed E-state index contributed by atoms with van der Waals surface area (Å²) in [4.78, 5) is 22.2. The van der Waals surface area contributed by atoms with Gasteiger partial charge >= 0.3 is 0 Å². The first-order valence-electron chi connectivity index (χ1n) is 5.57. The Bertz CT molecular complexity index is 396. The zero-order valence-corrected chi connectivity index (χ0v) is 10.1. The molecule has 0 aromatic heterocycles. The number of primary amides is 1. The summed E-state index contributed by atoms with van der Waals surface area (Å²) < 4.78 is 5.46. The Hall–Kier alpha value is -1.84. The molecule has 4 heteroatoms. The molecule has 0 radical (unpaired) electrons. The van der Waals surface area contributed by atoms with Gasteiger partial charge in [-0.3, -0.25) is 9.59 Å². The molecule has 1 rings (SSSR count). The van der Waals surface area contributed by atoms with Crippen molar-refractivity contribution in [3.05, 3.63) is 29.8 Å². The van der Waals surface area contributed by atoms with Crippen LogP contribution in [0.2, 0.25) is 0 Å². The number of hydrogen-bond acceptors (Lipinski definition) is 3. The van der Waals surface area contributed by atoms with E-state index in [2.05, 4.69) is 0 Å². The molecule has 0 fully saturated rings. The van der Waals surface area contributed by atoms with Gasteiger partial charge < -0.3 is 10.5 Å². The van der Waals surface area contributed by atoms with Crippen LogP contribution in [0.5, 0.6) is 5.75 Å². The quantitative estimate of drug-likeness (QED) is 0.766. The van der Waals surface area contributed by atoms with E-state index in [1.54, 1.807) is 24.3 Å². The summed E-state index contributed by atoms with van der Waals surface area (Å²) in [5, 5.41) is 0. The van der Waals surface area contributed by atoms with E-state index in [1.165, 1.54) is 0 Å². The summed E-state index contributed by atoms with van der Waals surface area (Å²) in [5.74, 6) is 0.185. The van der Waals surface area contributed by atoms with Gasteiger partial charge in [0.05, 0.1) is 6.10 Å². The van der Waals surface area contributed by atoms with Crippen molar-refractivity contribution in [2.24, 2.45) is 5.73 Å². The van der Waals surface area contributed by atoms with E-state index in [1.807, 2.05) is 13.8 Å². The van der Waals surface area contributed by atoms with Crippen molar-refractivity contribution in [3.63, 3.8) is 0 Å². The number of ketones is 1. The number of nitrogens with two attached hydrogens (primary N) is 1. The van der Waals surface area contributed by atoms with Gasteiger partial charge in [0.25, 0.3) is 0 Å².